The van der Waals surface area contributed by atoms with Gasteiger partial charge in [0.15, 0.2) is 0 Å². The van der Waals surface area contributed by atoms with Crippen molar-refractivity contribution in [1.82, 2.24) is 15.6 Å². The number of nitrogens with one attached hydrogen (secondary N) is 3. The second kappa shape index (κ2) is 15.1. The number of benzene rings is 2. The zero-order valence-electron chi connectivity index (χ0n) is 21.4. The number of esters is 1. The summed E-state index contributed by atoms with van der Waals surface area (Å²) < 4.78 is 18.4. The molecule has 0 aliphatic carbocycles. The Morgan fingerprint density at radius 3 is 2.50 bits per heavy atom. The summed E-state index contributed by atoms with van der Waals surface area (Å²) in [5, 5.41) is 8.65. The van der Waals surface area contributed by atoms with Crippen molar-refractivity contribution in [2.24, 2.45) is 0 Å². The van der Waals surface area contributed by atoms with Crippen molar-refractivity contribution in [3.8, 4) is 11.1 Å². The number of anilines is 1. The molecule has 0 saturated carbocycles. The normalized spacial score (nSPS) is 11.3. The summed E-state index contributed by atoms with van der Waals surface area (Å²) in [4.78, 5) is 41.3. The predicted molar refractivity (Wildman–Crippen MR) is 144 cm³/mol. The summed E-state index contributed by atoms with van der Waals surface area (Å²) in [6.45, 7) is 2.42. The van der Waals surface area contributed by atoms with Gasteiger partial charge in [0.05, 0.1) is 25.6 Å². The van der Waals surface area contributed by atoms with Gasteiger partial charge in [0.25, 0.3) is 0 Å². The van der Waals surface area contributed by atoms with E-state index in [2.05, 4.69) is 20.9 Å². The standard InChI is InChI=1S/C29H33FN4O4/c1-2-38-29(37)19-25(23-9-7-8-22(18-23)21-12-14-24(30)15-13-21)34-28(36)20-33-27(35)11-4-6-17-32-26-10-3-5-16-31-26/h3,5,7-10,12-16,18,25H,2,4,6,11,17,19-20H2,1H3,(H,31,32)(H,33,35)(H,34,36). The highest BCUT2D eigenvalue weighted by atomic mass is 19.1. The van der Waals surface area contributed by atoms with Crippen molar-refractivity contribution >= 4 is 23.6 Å². The van der Waals surface area contributed by atoms with E-state index >= 15 is 0 Å². The molecule has 1 atom stereocenters. The van der Waals surface area contributed by atoms with Crippen LogP contribution in [0.15, 0.2) is 72.9 Å². The molecule has 1 unspecified atom stereocenters. The number of pyridine rings is 1. The van der Waals surface area contributed by atoms with Gasteiger partial charge in [-0.1, -0.05) is 36.4 Å². The lowest BCUT2D eigenvalue weighted by Crippen LogP contribution is -2.39. The van der Waals surface area contributed by atoms with E-state index in [-0.39, 0.29) is 31.3 Å². The van der Waals surface area contributed by atoms with Crippen molar-refractivity contribution in [3.63, 3.8) is 0 Å². The number of rotatable bonds is 14. The first-order chi connectivity index (χ1) is 18.4. The zero-order valence-corrected chi connectivity index (χ0v) is 21.4. The number of amides is 2. The summed E-state index contributed by atoms with van der Waals surface area (Å²) in [6.07, 6.45) is 3.38. The van der Waals surface area contributed by atoms with Gasteiger partial charge in [-0.3, -0.25) is 14.4 Å². The number of nitrogens with zero attached hydrogens (tertiary/aromatic N) is 1. The van der Waals surface area contributed by atoms with E-state index in [4.69, 9.17) is 4.74 Å². The Labute approximate surface area is 222 Å². The number of aromatic nitrogens is 1. The van der Waals surface area contributed by atoms with E-state index < -0.39 is 17.9 Å². The Morgan fingerprint density at radius 1 is 0.947 bits per heavy atom. The van der Waals surface area contributed by atoms with Crippen molar-refractivity contribution in [1.29, 1.82) is 0 Å². The maximum Gasteiger partial charge on any atom is 0.308 e. The number of carbonyl (C=O) groups excluding carboxylic acids is 3. The molecule has 9 heteroatoms. The molecule has 0 aliphatic heterocycles. The minimum absolute atomic E-state index is 0.0658. The van der Waals surface area contributed by atoms with Gasteiger partial charge in [-0.25, -0.2) is 9.37 Å². The van der Waals surface area contributed by atoms with Gasteiger partial charge in [0, 0.05) is 19.2 Å². The molecule has 0 aliphatic rings. The summed E-state index contributed by atoms with van der Waals surface area (Å²) in [7, 11) is 0. The number of carbonyl (C=O) groups is 3. The van der Waals surface area contributed by atoms with E-state index in [1.165, 1.54) is 12.1 Å². The molecule has 3 rings (SSSR count). The summed E-state index contributed by atoms with van der Waals surface area (Å²) >= 11 is 0. The highest BCUT2D eigenvalue weighted by Crippen LogP contribution is 2.25. The molecular formula is C29H33FN4O4. The lowest BCUT2D eigenvalue weighted by molar-refractivity contribution is -0.144. The van der Waals surface area contributed by atoms with Gasteiger partial charge in [-0.2, -0.15) is 0 Å². The number of ether oxygens (including phenoxy) is 1. The molecule has 200 valence electrons. The SMILES string of the molecule is CCOC(=O)CC(NC(=O)CNC(=O)CCCCNc1ccccn1)c1cccc(-c2ccc(F)cc2)c1. The largest absolute Gasteiger partial charge is 0.466 e. The number of hydrogen-bond donors (Lipinski definition) is 3. The van der Waals surface area contributed by atoms with Gasteiger partial charge in [0.1, 0.15) is 11.6 Å². The minimum Gasteiger partial charge on any atom is -0.466 e. The van der Waals surface area contributed by atoms with Crippen LogP contribution < -0.4 is 16.0 Å². The van der Waals surface area contributed by atoms with E-state index in [1.54, 1.807) is 31.3 Å². The number of unbranched alkanes of at least 4 members (excludes halogenated alkanes) is 1. The second-order valence-electron chi connectivity index (χ2n) is 8.64. The first-order valence-corrected chi connectivity index (χ1v) is 12.7. The molecule has 3 aromatic rings. The molecule has 0 saturated heterocycles. The molecular weight excluding hydrogens is 487 g/mol. The highest BCUT2D eigenvalue weighted by Gasteiger charge is 2.20. The van der Waals surface area contributed by atoms with Crippen molar-refractivity contribution in [2.75, 3.05) is 25.0 Å². The van der Waals surface area contributed by atoms with E-state index in [1.807, 2.05) is 36.4 Å². The Balaban J connectivity index is 1.51. The van der Waals surface area contributed by atoms with Gasteiger partial charge < -0.3 is 20.7 Å². The third-order valence-corrected chi connectivity index (χ3v) is 5.73. The Hall–Kier alpha value is -4.27. The van der Waals surface area contributed by atoms with E-state index in [9.17, 15) is 18.8 Å². The van der Waals surface area contributed by atoms with Gasteiger partial charge in [-0.05, 0) is 66.8 Å². The maximum atomic E-state index is 13.3. The third kappa shape index (κ3) is 9.65. The fraction of sp³-hybridized carbons (Fsp3) is 0.310. The molecule has 1 heterocycles. The molecule has 1 aromatic heterocycles. The van der Waals surface area contributed by atoms with E-state index in [0.29, 0.717) is 24.9 Å². The molecule has 8 nitrogen and oxygen atoms in total. The molecule has 0 fully saturated rings. The maximum absolute atomic E-state index is 13.3. The quantitative estimate of drug-likeness (QED) is 0.215. The zero-order chi connectivity index (χ0) is 27.2. The number of hydrogen-bond acceptors (Lipinski definition) is 6. The van der Waals surface area contributed by atoms with Crippen LogP contribution in [0.1, 0.15) is 44.2 Å². The molecule has 0 spiro atoms. The average molecular weight is 521 g/mol. The Morgan fingerprint density at radius 2 is 1.76 bits per heavy atom. The fourth-order valence-corrected chi connectivity index (χ4v) is 3.82. The third-order valence-electron chi connectivity index (χ3n) is 5.73. The molecule has 2 aromatic carbocycles. The van der Waals surface area contributed by atoms with Crippen LogP contribution in [0.2, 0.25) is 0 Å². The van der Waals surface area contributed by atoms with Crippen LogP contribution in [0.3, 0.4) is 0 Å². The number of halogens is 1. The van der Waals surface area contributed by atoms with Gasteiger partial charge >= 0.3 is 5.97 Å². The lowest BCUT2D eigenvalue weighted by atomic mass is 9.97. The molecule has 38 heavy (non-hydrogen) atoms. The van der Waals surface area contributed by atoms with Crippen molar-refractivity contribution < 1.29 is 23.5 Å². The summed E-state index contributed by atoms with van der Waals surface area (Å²) in [6, 6.07) is 18.4. The summed E-state index contributed by atoms with van der Waals surface area (Å²) in [5.74, 6) is -0.641. The van der Waals surface area contributed by atoms with Crippen LogP contribution in [-0.2, 0) is 19.1 Å². The first-order valence-electron chi connectivity index (χ1n) is 12.7. The van der Waals surface area contributed by atoms with Crippen LogP contribution in [0.25, 0.3) is 11.1 Å². The fourth-order valence-electron chi connectivity index (χ4n) is 3.82. The minimum atomic E-state index is -0.656. The van der Waals surface area contributed by atoms with Crippen LogP contribution in [0.4, 0.5) is 10.2 Å². The molecule has 0 radical (unpaired) electrons. The smallest absolute Gasteiger partial charge is 0.308 e. The average Bonchev–Trinajstić information content (AvgIpc) is 2.92. The van der Waals surface area contributed by atoms with Gasteiger partial charge in [-0.15, -0.1) is 0 Å². The Kier molecular flexibility index (Phi) is 11.2. The van der Waals surface area contributed by atoms with Crippen LogP contribution in [0, 0.1) is 5.82 Å². The monoisotopic (exact) mass is 520 g/mol. The molecule has 2 amide bonds. The predicted octanol–water partition coefficient (Wildman–Crippen LogP) is 4.40. The first kappa shape index (κ1) is 28.3. The molecule has 0 bridgehead atoms. The lowest BCUT2D eigenvalue weighted by Gasteiger charge is -2.20. The molecule has 3 N–H and O–H groups in total. The van der Waals surface area contributed by atoms with Gasteiger partial charge in [0.2, 0.25) is 11.8 Å². The van der Waals surface area contributed by atoms with Crippen LogP contribution in [-0.4, -0.2) is 42.5 Å². The van der Waals surface area contributed by atoms with Crippen LogP contribution >= 0.6 is 0 Å². The van der Waals surface area contributed by atoms with Crippen molar-refractivity contribution in [2.45, 2.75) is 38.6 Å². The summed E-state index contributed by atoms with van der Waals surface area (Å²) in [5.41, 5.74) is 2.31. The van der Waals surface area contributed by atoms with E-state index in [0.717, 1.165) is 23.4 Å². The van der Waals surface area contributed by atoms with Crippen molar-refractivity contribution in [3.05, 3.63) is 84.3 Å². The van der Waals surface area contributed by atoms with Crippen LogP contribution in [0.5, 0.6) is 0 Å². The Bertz CT molecular complexity index is 1190. The highest BCUT2D eigenvalue weighted by molar-refractivity contribution is 5.85. The topological polar surface area (TPSA) is 109 Å². The second-order valence-corrected chi connectivity index (χ2v) is 8.64.